The molecule has 0 aliphatic carbocycles. The van der Waals surface area contributed by atoms with E-state index >= 15 is 0 Å². The van der Waals surface area contributed by atoms with Gasteiger partial charge < -0.3 is 10.6 Å². The molecule has 0 radical (unpaired) electrons. The van der Waals surface area contributed by atoms with Crippen molar-refractivity contribution in [2.24, 2.45) is 5.92 Å². The Morgan fingerprint density at radius 3 is 1.72 bits per heavy atom. The Morgan fingerprint density at radius 2 is 1.28 bits per heavy atom. The van der Waals surface area contributed by atoms with E-state index in [4.69, 9.17) is 0 Å². The lowest BCUT2D eigenvalue weighted by molar-refractivity contribution is -0.118. The maximum absolute atomic E-state index is 12.3. The van der Waals surface area contributed by atoms with Crippen molar-refractivity contribution < 1.29 is 9.59 Å². The van der Waals surface area contributed by atoms with Crippen molar-refractivity contribution in [2.75, 3.05) is 10.6 Å². The molecule has 0 fully saturated rings. The molecule has 4 nitrogen and oxygen atoms in total. The Balaban J connectivity index is 2.02. The number of hydrogen-bond donors (Lipinski definition) is 2. The Morgan fingerprint density at radius 1 is 0.800 bits per heavy atom. The lowest BCUT2D eigenvalue weighted by Gasteiger charge is -2.19. The van der Waals surface area contributed by atoms with E-state index in [0.717, 1.165) is 0 Å². The SMILES string of the molecule is CC(C)C(=O)Nc1ccc(NC(=O)c2ccc(C(C)(C)C)cc2)cc1. The predicted molar refractivity (Wildman–Crippen MR) is 103 cm³/mol. The van der Waals surface area contributed by atoms with Crippen LogP contribution >= 0.6 is 0 Å². The van der Waals surface area contributed by atoms with Crippen LogP contribution in [0.1, 0.15) is 50.5 Å². The van der Waals surface area contributed by atoms with Crippen molar-refractivity contribution in [3.05, 3.63) is 59.7 Å². The van der Waals surface area contributed by atoms with Crippen molar-refractivity contribution in [1.82, 2.24) is 0 Å². The molecule has 0 atom stereocenters. The second-order valence-corrected chi connectivity index (χ2v) is 7.50. The summed E-state index contributed by atoms with van der Waals surface area (Å²) in [7, 11) is 0. The molecule has 25 heavy (non-hydrogen) atoms. The van der Waals surface area contributed by atoms with Crippen LogP contribution < -0.4 is 10.6 Å². The summed E-state index contributed by atoms with van der Waals surface area (Å²) >= 11 is 0. The summed E-state index contributed by atoms with van der Waals surface area (Å²) < 4.78 is 0. The van der Waals surface area contributed by atoms with Gasteiger partial charge in [-0.2, -0.15) is 0 Å². The molecule has 0 heterocycles. The first-order valence-corrected chi connectivity index (χ1v) is 8.49. The highest BCUT2D eigenvalue weighted by molar-refractivity contribution is 6.04. The summed E-state index contributed by atoms with van der Waals surface area (Å²) in [6.07, 6.45) is 0. The summed E-state index contributed by atoms with van der Waals surface area (Å²) in [5.41, 5.74) is 3.27. The van der Waals surface area contributed by atoms with Crippen LogP contribution in [-0.4, -0.2) is 11.8 Å². The highest BCUT2D eigenvalue weighted by Gasteiger charge is 2.14. The fraction of sp³-hybridized carbons (Fsp3) is 0.333. The van der Waals surface area contributed by atoms with Gasteiger partial charge in [0, 0.05) is 22.9 Å². The molecule has 2 N–H and O–H groups in total. The minimum atomic E-state index is -0.153. The van der Waals surface area contributed by atoms with E-state index in [1.165, 1.54) is 5.56 Å². The highest BCUT2D eigenvalue weighted by atomic mass is 16.2. The number of carbonyl (C=O) groups is 2. The number of amides is 2. The average Bonchev–Trinajstić information content (AvgIpc) is 2.55. The number of hydrogen-bond acceptors (Lipinski definition) is 2. The molecule has 0 aromatic heterocycles. The first-order chi connectivity index (χ1) is 11.7. The van der Waals surface area contributed by atoms with E-state index in [-0.39, 0.29) is 23.1 Å². The van der Waals surface area contributed by atoms with Crippen molar-refractivity contribution in [3.63, 3.8) is 0 Å². The van der Waals surface area contributed by atoms with Crippen molar-refractivity contribution in [2.45, 2.75) is 40.0 Å². The molecule has 4 heteroatoms. The fourth-order valence-corrected chi connectivity index (χ4v) is 2.25. The number of anilines is 2. The van der Waals surface area contributed by atoms with Gasteiger partial charge in [-0.25, -0.2) is 0 Å². The van der Waals surface area contributed by atoms with Crippen LogP contribution in [0.5, 0.6) is 0 Å². The maximum atomic E-state index is 12.3. The number of benzene rings is 2. The average molecular weight is 338 g/mol. The molecule has 2 aromatic carbocycles. The lowest BCUT2D eigenvalue weighted by atomic mass is 9.87. The largest absolute Gasteiger partial charge is 0.326 e. The normalized spacial score (nSPS) is 11.3. The van der Waals surface area contributed by atoms with Crippen LogP contribution in [0.4, 0.5) is 11.4 Å². The molecule has 0 spiro atoms. The molecule has 2 amide bonds. The zero-order valence-corrected chi connectivity index (χ0v) is 15.5. The van der Waals surface area contributed by atoms with Gasteiger partial charge in [-0.15, -0.1) is 0 Å². The maximum Gasteiger partial charge on any atom is 0.255 e. The molecule has 132 valence electrons. The first kappa shape index (κ1) is 18.7. The van der Waals surface area contributed by atoms with E-state index in [9.17, 15) is 9.59 Å². The second kappa shape index (κ2) is 7.51. The summed E-state index contributed by atoms with van der Waals surface area (Å²) in [4.78, 5) is 24.0. The third kappa shape index (κ3) is 5.18. The highest BCUT2D eigenvalue weighted by Crippen LogP contribution is 2.22. The summed E-state index contributed by atoms with van der Waals surface area (Å²) in [6.45, 7) is 10.1. The topological polar surface area (TPSA) is 58.2 Å². The van der Waals surface area contributed by atoms with Crippen LogP contribution in [0, 0.1) is 5.92 Å². The zero-order chi connectivity index (χ0) is 18.6. The molecular formula is C21H26N2O2. The van der Waals surface area contributed by atoms with E-state index in [1.807, 2.05) is 38.1 Å². The molecule has 2 aromatic rings. The van der Waals surface area contributed by atoms with Crippen LogP contribution in [0.15, 0.2) is 48.5 Å². The molecule has 0 aliphatic rings. The predicted octanol–water partition coefficient (Wildman–Crippen LogP) is 4.83. The van der Waals surface area contributed by atoms with Gasteiger partial charge in [-0.1, -0.05) is 46.8 Å². The van der Waals surface area contributed by atoms with Gasteiger partial charge in [0.2, 0.25) is 5.91 Å². The lowest BCUT2D eigenvalue weighted by Crippen LogP contribution is -2.17. The Bertz CT molecular complexity index is 739. The van der Waals surface area contributed by atoms with Crippen molar-refractivity contribution >= 4 is 23.2 Å². The first-order valence-electron chi connectivity index (χ1n) is 8.49. The Kier molecular flexibility index (Phi) is 5.62. The molecule has 0 unspecified atom stereocenters. The van der Waals surface area contributed by atoms with E-state index in [2.05, 4.69) is 31.4 Å². The summed E-state index contributed by atoms with van der Waals surface area (Å²) in [6, 6.07) is 14.8. The monoisotopic (exact) mass is 338 g/mol. The van der Waals surface area contributed by atoms with Gasteiger partial charge in [0.15, 0.2) is 0 Å². The van der Waals surface area contributed by atoms with Gasteiger partial charge in [-0.3, -0.25) is 9.59 Å². The third-order valence-electron chi connectivity index (χ3n) is 3.95. The second-order valence-electron chi connectivity index (χ2n) is 7.50. The molecule has 0 saturated carbocycles. The van der Waals surface area contributed by atoms with E-state index < -0.39 is 0 Å². The van der Waals surface area contributed by atoms with Crippen LogP contribution in [0.2, 0.25) is 0 Å². The molecule has 2 rings (SSSR count). The smallest absolute Gasteiger partial charge is 0.255 e. The van der Waals surface area contributed by atoms with Crippen molar-refractivity contribution in [1.29, 1.82) is 0 Å². The molecular weight excluding hydrogens is 312 g/mol. The standard InChI is InChI=1S/C21H26N2O2/c1-14(2)19(24)22-17-10-12-18(13-11-17)23-20(25)15-6-8-16(9-7-15)21(3,4)5/h6-14H,1-5H3,(H,22,24)(H,23,25). The van der Waals surface area contributed by atoms with Crippen LogP contribution in [0.25, 0.3) is 0 Å². The van der Waals surface area contributed by atoms with Gasteiger partial charge in [0.25, 0.3) is 5.91 Å². The summed E-state index contributed by atoms with van der Waals surface area (Å²) in [5, 5.41) is 5.69. The van der Waals surface area contributed by atoms with Crippen molar-refractivity contribution in [3.8, 4) is 0 Å². The Hall–Kier alpha value is -2.62. The van der Waals surface area contributed by atoms with Crippen LogP contribution in [0.3, 0.4) is 0 Å². The molecule has 0 saturated heterocycles. The molecule has 0 bridgehead atoms. The van der Waals surface area contributed by atoms with Gasteiger partial charge in [0.05, 0.1) is 0 Å². The number of carbonyl (C=O) groups excluding carboxylic acids is 2. The third-order valence-corrected chi connectivity index (χ3v) is 3.95. The fourth-order valence-electron chi connectivity index (χ4n) is 2.25. The van der Waals surface area contributed by atoms with E-state index in [0.29, 0.717) is 16.9 Å². The minimum Gasteiger partial charge on any atom is -0.326 e. The van der Waals surface area contributed by atoms with Gasteiger partial charge in [-0.05, 0) is 47.4 Å². The van der Waals surface area contributed by atoms with E-state index in [1.54, 1.807) is 24.3 Å². The minimum absolute atomic E-state index is 0.0317. The Labute approximate surface area is 149 Å². The number of rotatable bonds is 4. The zero-order valence-electron chi connectivity index (χ0n) is 15.5. The van der Waals surface area contributed by atoms with Gasteiger partial charge in [0.1, 0.15) is 0 Å². The van der Waals surface area contributed by atoms with Gasteiger partial charge >= 0.3 is 0 Å². The number of nitrogens with one attached hydrogen (secondary N) is 2. The molecule has 0 aliphatic heterocycles. The quantitative estimate of drug-likeness (QED) is 0.839. The van der Waals surface area contributed by atoms with Crippen LogP contribution in [-0.2, 0) is 10.2 Å². The summed E-state index contributed by atoms with van der Waals surface area (Å²) in [5.74, 6) is -0.259.